The molecular weight excluding hydrogens is 182 g/mol. The quantitative estimate of drug-likeness (QED) is 0.694. The number of nitrogens with zero attached hydrogens (tertiary/aromatic N) is 2. The Bertz CT molecular complexity index is 406. The molecule has 0 bridgehead atoms. The van der Waals surface area contributed by atoms with Gasteiger partial charge >= 0.3 is 0 Å². The van der Waals surface area contributed by atoms with E-state index in [2.05, 4.69) is 5.10 Å². The Morgan fingerprint density at radius 3 is 3.00 bits per heavy atom. The van der Waals surface area contributed by atoms with Crippen LogP contribution in [0.4, 0.5) is 5.82 Å². The minimum Gasteiger partial charge on any atom is -0.489 e. The van der Waals surface area contributed by atoms with Crippen LogP contribution in [-0.2, 0) is 11.8 Å². The number of aromatic nitrogens is 2. The zero-order chi connectivity index (χ0) is 10.1. The molecule has 1 aliphatic rings. The van der Waals surface area contributed by atoms with Gasteiger partial charge in [-0.2, -0.15) is 5.10 Å². The van der Waals surface area contributed by atoms with E-state index >= 15 is 0 Å². The first-order valence-corrected chi connectivity index (χ1v) is 4.35. The van der Waals surface area contributed by atoms with Crippen LogP contribution in [0, 0.1) is 0 Å². The van der Waals surface area contributed by atoms with E-state index < -0.39 is 0 Å². The van der Waals surface area contributed by atoms with Crippen molar-refractivity contribution in [2.24, 2.45) is 7.05 Å². The van der Waals surface area contributed by atoms with Gasteiger partial charge in [-0.25, -0.2) is 0 Å². The Balaban J connectivity index is 2.31. The Labute approximate surface area is 81.1 Å². The summed E-state index contributed by atoms with van der Waals surface area (Å²) < 4.78 is 6.61. The fourth-order valence-corrected chi connectivity index (χ4v) is 1.33. The molecule has 1 aromatic rings. The smallest absolute Gasteiger partial charge is 0.232 e. The number of anilines is 1. The number of rotatable bonds is 2. The number of carbonyl (C=O) groups is 1. The second-order valence-electron chi connectivity index (χ2n) is 3.10. The SMILES string of the molecule is Cn1ncc(C(=O)C2=CCCO2)c1N. The molecule has 0 saturated heterocycles. The number of ketones is 1. The fourth-order valence-electron chi connectivity index (χ4n) is 1.33. The Morgan fingerprint density at radius 2 is 2.50 bits per heavy atom. The zero-order valence-corrected chi connectivity index (χ0v) is 7.86. The van der Waals surface area contributed by atoms with Gasteiger partial charge in [0, 0.05) is 13.5 Å². The number of nitrogens with two attached hydrogens (primary N) is 1. The maximum absolute atomic E-state index is 11.8. The summed E-state index contributed by atoms with van der Waals surface area (Å²) in [6, 6.07) is 0. The number of aryl methyl sites for hydroxylation is 1. The third-order valence-corrected chi connectivity index (χ3v) is 2.16. The van der Waals surface area contributed by atoms with Crippen molar-refractivity contribution in [3.05, 3.63) is 23.6 Å². The van der Waals surface area contributed by atoms with Crippen LogP contribution in [0.2, 0.25) is 0 Å². The lowest BCUT2D eigenvalue weighted by molar-refractivity contribution is 0.0943. The fraction of sp³-hybridized carbons (Fsp3) is 0.333. The highest BCUT2D eigenvalue weighted by molar-refractivity contribution is 6.10. The van der Waals surface area contributed by atoms with Gasteiger partial charge in [0.05, 0.1) is 18.4 Å². The molecular formula is C9H11N3O2. The molecule has 0 aliphatic carbocycles. The summed E-state index contributed by atoms with van der Waals surface area (Å²) in [5.74, 6) is 0.559. The second kappa shape index (κ2) is 3.17. The molecule has 0 spiro atoms. The number of Topliss-reactive ketones (excluding diaryl/α,β-unsaturated/α-hetero) is 1. The van der Waals surface area contributed by atoms with Gasteiger partial charge in [0.1, 0.15) is 5.82 Å². The monoisotopic (exact) mass is 193 g/mol. The minimum absolute atomic E-state index is 0.187. The lowest BCUT2D eigenvalue weighted by Gasteiger charge is -2.01. The van der Waals surface area contributed by atoms with Gasteiger partial charge in [-0.3, -0.25) is 9.48 Å². The van der Waals surface area contributed by atoms with Crippen LogP contribution in [0.5, 0.6) is 0 Å². The van der Waals surface area contributed by atoms with Crippen LogP contribution in [0.1, 0.15) is 16.8 Å². The van der Waals surface area contributed by atoms with Crippen molar-refractivity contribution in [2.75, 3.05) is 12.3 Å². The normalized spacial score (nSPS) is 15.1. The molecule has 5 heteroatoms. The predicted molar refractivity (Wildman–Crippen MR) is 50.6 cm³/mol. The zero-order valence-electron chi connectivity index (χ0n) is 7.86. The second-order valence-corrected chi connectivity index (χ2v) is 3.10. The first-order valence-electron chi connectivity index (χ1n) is 4.35. The third-order valence-electron chi connectivity index (χ3n) is 2.16. The van der Waals surface area contributed by atoms with E-state index in [1.807, 2.05) is 0 Å². The van der Waals surface area contributed by atoms with E-state index in [-0.39, 0.29) is 5.78 Å². The summed E-state index contributed by atoms with van der Waals surface area (Å²) in [6.45, 7) is 0.571. The van der Waals surface area contributed by atoms with Crippen LogP contribution in [0.3, 0.4) is 0 Å². The topological polar surface area (TPSA) is 70.1 Å². The number of ether oxygens (including phenoxy) is 1. The standard InChI is InChI=1S/C9H11N3O2/c1-12-9(10)6(5-11-12)8(13)7-3-2-4-14-7/h3,5H,2,4,10H2,1H3. The van der Waals surface area contributed by atoms with Crippen LogP contribution in [0.25, 0.3) is 0 Å². The first kappa shape index (κ1) is 8.80. The Kier molecular flexibility index (Phi) is 1.99. The number of allylic oxidation sites excluding steroid dienone is 1. The van der Waals surface area contributed by atoms with E-state index in [9.17, 15) is 4.79 Å². The molecule has 0 aromatic carbocycles. The van der Waals surface area contributed by atoms with Gasteiger partial charge in [0.25, 0.3) is 0 Å². The van der Waals surface area contributed by atoms with Gasteiger partial charge in [-0.1, -0.05) is 0 Å². The number of nitrogen functional groups attached to an aromatic ring is 1. The van der Waals surface area contributed by atoms with Gasteiger partial charge in [-0.15, -0.1) is 0 Å². The Morgan fingerprint density at radius 1 is 1.71 bits per heavy atom. The van der Waals surface area contributed by atoms with Gasteiger partial charge in [0.15, 0.2) is 5.76 Å². The van der Waals surface area contributed by atoms with Crippen LogP contribution in [0.15, 0.2) is 18.0 Å². The molecule has 1 aliphatic heterocycles. The van der Waals surface area contributed by atoms with E-state index in [1.165, 1.54) is 10.9 Å². The maximum atomic E-state index is 11.8. The molecule has 2 rings (SSSR count). The summed E-state index contributed by atoms with van der Waals surface area (Å²) in [7, 11) is 1.69. The molecule has 0 atom stereocenters. The summed E-state index contributed by atoms with van der Waals surface area (Å²) in [4.78, 5) is 11.8. The number of hydrogen-bond donors (Lipinski definition) is 1. The van der Waals surface area contributed by atoms with Crippen molar-refractivity contribution in [3.63, 3.8) is 0 Å². The molecule has 2 heterocycles. The highest BCUT2D eigenvalue weighted by Crippen LogP contribution is 2.19. The Hall–Kier alpha value is -1.78. The van der Waals surface area contributed by atoms with Crippen molar-refractivity contribution in [1.82, 2.24) is 9.78 Å². The van der Waals surface area contributed by atoms with Crippen LogP contribution in [-0.4, -0.2) is 22.2 Å². The summed E-state index contributed by atoms with van der Waals surface area (Å²) in [5, 5.41) is 3.90. The number of hydrogen-bond acceptors (Lipinski definition) is 4. The lowest BCUT2D eigenvalue weighted by atomic mass is 10.2. The highest BCUT2D eigenvalue weighted by atomic mass is 16.5. The maximum Gasteiger partial charge on any atom is 0.232 e. The summed E-state index contributed by atoms with van der Waals surface area (Å²) >= 11 is 0. The average molecular weight is 193 g/mol. The van der Waals surface area contributed by atoms with Crippen LogP contribution < -0.4 is 5.73 Å². The highest BCUT2D eigenvalue weighted by Gasteiger charge is 2.21. The first-order chi connectivity index (χ1) is 6.70. The third kappa shape index (κ3) is 1.26. The predicted octanol–water partition coefficient (Wildman–Crippen LogP) is 0.489. The van der Waals surface area contributed by atoms with Crippen molar-refractivity contribution >= 4 is 11.6 Å². The van der Waals surface area contributed by atoms with E-state index in [1.54, 1.807) is 13.1 Å². The van der Waals surface area contributed by atoms with E-state index in [0.717, 1.165) is 6.42 Å². The molecule has 0 fully saturated rings. The molecule has 0 saturated carbocycles. The van der Waals surface area contributed by atoms with Crippen LogP contribution >= 0.6 is 0 Å². The van der Waals surface area contributed by atoms with E-state index in [0.29, 0.717) is 23.7 Å². The average Bonchev–Trinajstić information content (AvgIpc) is 2.77. The van der Waals surface area contributed by atoms with E-state index in [4.69, 9.17) is 10.5 Å². The molecule has 5 nitrogen and oxygen atoms in total. The lowest BCUT2D eigenvalue weighted by Crippen LogP contribution is -2.07. The van der Waals surface area contributed by atoms with Gasteiger partial charge < -0.3 is 10.5 Å². The molecule has 0 radical (unpaired) electrons. The molecule has 14 heavy (non-hydrogen) atoms. The number of carbonyl (C=O) groups excluding carboxylic acids is 1. The minimum atomic E-state index is -0.187. The summed E-state index contributed by atoms with van der Waals surface area (Å²) in [5.41, 5.74) is 6.07. The molecule has 2 N–H and O–H groups in total. The van der Waals surface area contributed by atoms with Gasteiger partial charge in [-0.05, 0) is 6.08 Å². The van der Waals surface area contributed by atoms with Gasteiger partial charge in [0.2, 0.25) is 5.78 Å². The van der Waals surface area contributed by atoms with Crippen molar-refractivity contribution in [3.8, 4) is 0 Å². The molecule has 0 unspecified atom stereocenters. The van der Waals surface area contributed by atoms with Crippen molar-refractivity contribution in [2.45, 2.75) is 6.42 Å². The summed E-state index contributed by atoms with van der Waals surface area (Å²) in [6.07, 6.45) is 4.01. The molecule has 74 valence electrons. The largest absolute Gasteiger partial charge is 0.489 e. The molecule has 1 aromatic heterocycles. The van der Waals surface area contributed by atoms with Crippen molar-refractivity contribution in [1.29, 1.82) is 0 Å². The van der Waals surface area contributed by atoms with Crippen molar-refractivity contribution < 1.29 is 9.53 Å². The molecule has 0 amide bonds.